The van der Waals surface area contributed by atoms with Crippen molar-refractivity contribution in [3.05, 3.63) is 33.0 Å². The molecule has 14 heavy (non-hydrogen) atoms. The van der Waals surface area contributed by atoms with E-state index in [1.807, 2.05) is 0 Å². The molecule has 0 bridgehead atoms. The normalized spacial score (nSPS) is 15.9. The maximum atomic E-state index is 13.4. The fraction of sp³-hybridized carbons (Fsp3) is 0.400. The molecule has 0 aliphatic heterocycles. The summed E-state index contributed by atoms with van der Waals surface area (Å²) in [6.45, 7) is 0.314. The first-order valence-electron chi connectivity index (χ1n) is 4.42. The molecular weight excluding hydrogens is 270 g/mol. The van der Waals surface area contributed by atoms with Gasteiger partial charge in [0, 0.05) is 15.1 Å². The molecule has 1 aromatic rings. The van der Waals surface area contributed by atoms with Gasteiger partial charge in [-0.1, -0.05) is 27.5 Å². The zero-order valence-electron chi connectivity index (χ0n) is 7.40. The quantitative estimate of drug-likeness (QED) is 0.815. The van der Waals surface area contributed by atoms with Crippen LogP contribution in [0.3, 0.4) is 0 Å². The van der Waals surface area contributed by atoms with Crippen LogP contribution in [-0.2, 0) is 11.3 Å². The summed E-state index contributed by atoms with van der Waals surface area (Å²) in [6.07, 6.45) is 2.51. The van der Waals surface area contributed by atoms with E-state index in [-0.39, 0.29) is 5.82 Å². The first-order valence-corrected chi connectivity index (χ1v) is 5.59. The molecule has 0 amide bonds. The van der Waals surface area contributed by atoms with Crippen molar-refractivity contribution < 1.29 is 9.13 Å². The lowest BCUT2D eigenvalue weighted by Crippen LogP contribution is -1.98. The summed E-state index contributed by atoms with van der Waals surface area (Å²) in [4.78, 5) is 0. The van der Waals surface area contributed by atoms with E-state index in [1.165, 1.54) is 6.07 Å². The molecule has 0 radical (unpaired) electrons. The molecule has 4 heteroatoms. The highest BCUT2D eigenvalue weighted by Gasteiger charge is 2.23. The van der Waals surface area contributed by atoms with E-state index in [0.29, 0.717) is 27.8 Å². The van der Waals surface area contributed by atoms with Crippen LogP contribution < -0.4 is 0 Å². The average molecular weight is 280 g/mol. The molecule has 0 saturated heterocycles. The van der Waals surface area contributed by atoms with Crippen LogP contribution in [0.15, 0.2) is 16.6 Å². The summed E-state index contributed by atoms with van der Waals surface area (Å²) in [5.41, 5.74) is 0.543. The number of rotatable bonds is 3. The van der Waals surface area contributed by atoms with Gasteiger partial charge < -0.3 is 4.74 Å². The van der Waals surface area contributed by atoms with Crippen LogP contribution in [0.25, 0.3) is 0 Å². The molecule has 2 rings (SSSR count). The molecule has 0 aromatic heterocycles. The van der Waals surface area contributed by atoms with Gasteiger partial charge in [0.2, 0.25) is 0 Å². The Bertz CT molecular complexity index is 329. The number of hydrogen-bond acceptors (Lipinski definition) is 1. The molecule has 1 aliphatic rings. The van der Waals surface area contributed by atoms with Crippen molar-refractivity contribution in [2.75, 3.05) is 0 Å². The zero-order valence-corrected chi connectivity index (χ0v) is 9.74. The first kappa shape index (κ1) is 10.4. The highest BCUT2D eigenvalue weighted by atomic mass is 79.9. The molecule has 1 fully saturated rings. The molecule has 1 nitrogen and oxygen atoms in total. The van der Waals surface area contributed by atoms with Crippen molar-refractivity contribution >= 4 is 27.5 Å². The first-order chi connectivity index (χ1) is 6.66. The maximum absolute atomic E-state index is 13.4. The summed E-state index contributed by atoms with van der Waals surface area (Å²) < 4.78 is 19.5. The number of ether oxygens (including phenoxy) is 1. The van der Waals surface area contributed by atoms with Gasteiger partial charge in [0.05, 0.1) is 12.7 Å². The van der Waals surface area contributed by atoms with Crippen LogP contribution in [0, 0.1) is 5.82 Å². The van der Waals surface area contributed by atoms with E-state index in [1.54, 1.807) is 6.07 Å². The Morgan fingerprint density at radius 2 is 2.21 bits per heavy atom. The maximum Gasteiger partial charge on any atom is 0.131 e. The molecule has 1 aliphatic carbocycles. The van der Waals surface area contributed by atoms with E-state index in [4.69, 9.17) is 16.3 Å². The van der Waals surface area contributed by atoms with Gasteiger partial charge in [0.1, 0.15) is 5.82 Å². The summed E-state index contributed by atoms with van der Waals surface area (Å²) in [5.74, 6) is -0.315. The Morgan fingerprint density at radius 1 is 1.50 bits per heavy atom. The van der Waals surface area contributed by atoms with Crippen LogP contribution in [0.4, 0.5) is 4.39 Å². The lowest BCUT2D eigenvalue weighted by Gasteiger charge is -2.07. The minimum absolute atomic E-state index is 0.314. The Morgan fingerprint density at radius 3 is 2.79 bits per heavy atom. The van der Waals surface area contributed by atoms with Gasteiger partial charge in [0.15, 0.2) is 0 Å². The van der Waals surface area contributed by atoms with E-state index < -0.39 is 0 Å². The standard InChI is InChI=1S/C10H9BrClFO/c11-9-3-6(12)4-10(13)8(9)5-14-7-1-2-7/h3-4,7H,1-2,5H2. The zero-order chi connectivity index (χ0) is 10.1. The second-order valence-corrected chi connectivity index (χ2v) is 4.65. The monoisotopic (exact) mass is 278 g/mol. The molecule has 0 heterocycles. The Hall–Kier alpha value is -0.120. The fourth-order valence-corrected chi connectivity index (χ4v) is 2.03. The lowest BCUT2D eigenvalue weighted by atomic mass is 10.2. The molecular formula is C10H9BrClFO. The molecule has 76 valence electrons. The highest BCUT2D eigenvalue weighted by Crippen LogP contribution is 2.29. The van der Waals surface area contributed by atoms with Gasteiger partial charge in [-0.3, -0.25) is 0 Å². The van der Waals surface area contributed by atoms with Crippen LogP contribution in [0.1, 0.15) is 18.4 Å². The Labute approximate surface area is 95.3 Å². The minimum atomic E-state index is -0.315. The van der Waals surface area contributed by atoms with Crippen molar-refractivity contribution in [2.24, 2.45) is 0 Å². The largest absolute Gasteiger partial charge is 0.373 e. The predicted octanol–water partition coefficient (Wildman–Crippen LogP) is 3.92. The molecule has 1 saturated carbocycles. The second-order valence-electron chi connectivity index (χ2n) is 3.36. The SMILES string of the molecule is Fc1cc(Cl)cc(Br)c1COC1CC1. The van der Waals surface area contributed by atoms with Crippen LogP contribution in [0.5, 0.6) is 0 Å². The van der Waals surface area contributed by atoms with Crippen LogP contribution in [0.2, 0.25) is 5.02 Å². The van der Waals surface area contributed by atoms with E-state index in [9.17, 15) is 4.39 Å². The fourth-order valence-electron chi connectivity index (χ4n) is 1.15. The van der Waals surface area contributed by atoms with Crippen LogP contribution in [-0.4, -0.2) is 6.10 Å². The summed E-state index contributed by atoms with van der Waals surface area (Å²) in [7, 11) is 0. The van der Waals surface area contributed by atoms with E-state index >= 15 is 0 Å². The third-order valence-corrected chi connectivity index (χ3v) is 3.02. The highest BCUT2D eigenvalue weighted by molar-refractivity contribution is 9.10. The van der Waals surface area contributed by atoms with E-state index in [2.05, 4.69) is 15.9 Å². The summed E-state index contributed by atoms with van der Waals surface area (Å²) >= 11 is 8.95. The summed E-state index contributed by atoms with van der Waals surface area (Å²) in [6, 6.07) is 2.98. The number of hydrogen-bond donors (Lipinski definition) is 0. The minimum Gasteiger partial charge on any atom is -0.373 e. The molecule has 0 unspecified atom stereocenters. The lowest BCUT2D eigenvalue weighted by molar-refractivity contribution is 0.103. The second kappa shape index (κ2) is 4.17. The van der Waals surface area contributed by atoms with Gasteiger partial charge in [-0.15, -0.1) is 0 Å². The topological polar surface area (TPSA) is 9.23 Å². The van der Waals surface area contributed by atoms with Gasteiger partial charge in [-0.2, -0.15) is 0 Å². The van der Waals surface area contributed by atoms with Gasteiger partial charge in [-0.05, 0) is 25.0 Å². The number of benzene rings is 1. The van der Waals surface area contributed by atoms with Crippen molar-refractivity contribution in [1.29, 1.82) is 0 Å². The van der Waals surface area contributed by atoms with Crippen molar-refractivity contribution in [3.63, 3.8) is 0 Å². The third kappa shape index (κ3) is 2.47. The number of halogens is 3. The molecule has 0 N–H and O–H groups in total. The van der Waals surface area contributed by atoms with Crippen molar-refractivity contribution in [3.8, 4) is 0 Å². The third-order valence-electron chi connectivity index (χ3n) is 2.09. The van der Waals surface area contributed by atoms with E-state index in [0.717, 1.165) is 12.8 Å². The molecule has 1 aromatic carbocycles. The molecule has 0 spiro atoms. The van der Waals surface area contributed by atoms with Gasteiger partial charge >= 0.3 is 0 Å². The smallest absolute Gasteiger partial charge is 0.131 e. The Kier molecular flexibility index (Phi) is 3.10. The molecule has 0 atom stereocenters. The summed E-state index contributed by atoms with van der Waals surface area (Å²) in [5, 5.41) is 0.393. The van der Waals surface area contributed by atoms with Crippen LogP contribution >= 0.6 is 27.5 Å². The Balaban J connectivity index is 2.13. The van der Waals surface area contributed by atoms with Crippen molar-refractivity contribution in [1.82, 2.24) is 0 Å². The average Bonchev–Trinajstić information content (AvgIpc) is 2.85. The van der Waals surface area contributed by atoms with Gasteiger partial charge in [-0.25, -0.2) is 4.39 Å². The van der Waals surface area contributed by atoms with Gasteiger partial charge in [0.25, 0.3) is 0 Å². The van der Waals surface area contributed by atoms with Crippen molar-refractivity contribution in [2.45, 2.75) is 25.6 Å². The predicted molar refractivity (Wildman–Crippen MR) is 56.9 cm³/mol.